The van der Waals surface area contributed by atoms with Gasteiger partial charge in [0.05, 0.1) is 31.2 Å². The Labute approximate surface area is 240 Å². The predicted molar refractivity (Wildman–Crippen MR) is 157 cm³/mol. The normalized spacial score (nSPS) is 11.0. The average molecular weight is 575 g/mol. The first kappa shape index (κ1) is 27.9. The molecule has 212 valence electrons. The number of aliphatic hydroxyl groups is 1. The number of nitrogens with zero attached hydrogens (tertiary/aromatic N) is 4. The minimum atomic E-state index is -0.680. The molecule has 0 atom stereocenters. The van der Waals surface area contributed by atoms with Crippen LogP contribution in [-0.2, 0) is 13.2 Å². The van der Waals surface area contributed by atoms with Gasteiger partial charge in [-0.2, -0.15) is 0 Å². The Kier molecular flexibility index (Phi) is 8.31. The molecule has 0 spiro atoms. The molecule has 5 rings (SSSR count). The number of ether oxygens (including phenoxy) is 3. The number of nitrogens with two attached hydrogens (primary N) is 1. The molecular weight excluding hydrogens is 544 g/mol. The number of benzene rings is 2. The first-order valence-corrected chi connectivity index (χ1v) is 13.7. The number of methoxy groups -OCH3 is 1. The van der Waals surface area contributed by atoms with E-state index in [-0.39, 0.29) is 25.5 Å². The summed E-state index contributed by atoms with van der Waals surface area (Å²) in [6.45, 7) is 4.65. The number of carbonyl (C=O) groups excluding carboxylic acids is 1. The molecule has 4 N–H and O–H groups in total. The van der Waals surface area contributed by atoms with Crippen LogP contribution in [0.5, 0.6) is 17.2 Å². The number of fused-ring (bicyclic) bond motifs is 1. The highest BCUT2D eigenvalue weighted by Gasteiger charge is 2.18. The summed E-state index contributed by atoms with van der Waals surface area (Å²) in [6, 6.07) is 13.9. The number of nitrogens with one attached hydrogen (secondary N) is 1. The third-order valence-corrected chi connectivity index (χ3v) is 7.56. The summed E-state index contributed by atoms with van der Waals surface area (Å²) in [5.41, 5.74) is 9.96. The van der Waals surface area contributed by atoms with Gasteiger partial charge in [-0.25, -0.2) is 9.78 Å². The zero-order valence-corrected chi connectivity index (χ0v) is 23.7. The SMILES string of the molecule is COc1ccc(Cn2c(C)nnc2-c2ccc(C)c(OCc3csc4c(OC(=O)NCCO)cnc(N)c34)c2)cc1. The summed E-state index contributed by atoms with van der Waals surface area (Å²) in [4.78, 5) is 16.2. The number of aliphatic hydroxyl groups excluding tert-OH is 1. The van der Waals surface area contributed by atoms with Crippen LogP contribution < -0.4 is 25.3 Å². The van der Waals surface area contributed by atoms with Crippen molar-refractivity contribution < 1.29 is 24.1 Å². The minimum Gasteiger partial charge on any atom is -0.497 e. The molecule has 12 heteroatoms. The van der Waals surface area contributed by atoms with E-state index in [0.717, 1.165) is 39.7 Å². The van der Waals surface area contributed by atoms with Gasteiger partial charge in [-0.05, 0) is 48.6 Å². The topological polar surface area (TPSA) is 147 Å². The van der Waals surface area contributed by atoms with Crippen molar-refractivity contribution in [3.05, 3.63) is 76.6 Å². The monoisotopic (exact) mass is 574 g/mol. The average Bonchev–Trinajstić information content (AvgIpc) is 3.57. The lowest BCUT2D eigenvalue weighted by Gasteiger charge is -2.13. The molecule has 0 fully saturated rings. The van der Waals surface area contributed by atoms with Crippen molar-refractivity contribution in [1.82, 2.24) is 25.1 Å². The standard InChI is InChI=1S/C29H30N6O5S/c1-17-4-7-20(28-34-33-18(2)35(28)14-19-5-8-22(38-3)9-6-19)12-23(17)39-15-21-16-41-26-24(13-32-27(30)25(21)26)40-29(37)31-10-11-36/h4-9,12-13,16,36H,10-11,14-15H2,1-3H3,(H2,30,32)(H,31,37). The number of hydrogen-bond acceptors (Lipinski definition) is 10. The zero-order valence-electron chi connectivity index (χ0n) is 22.9. The second-order valence-electron chi connectivity index (χ2n) is 9.29. The van der Waals surface area contributed by atoms with Gasteiger partial charge in [0, 0.05) is 23.1 Å². The summed E-state index contributed by atoms with van der Waals surface area (Å²) in [7, 11) is 1.65. The lowest BCUT2D eigenvalue weighted by Crippen LogP contribution is -2.29. The zero-order chi connectivity index (χ0) is 28.9. The highest BCUT2D eigenvalue weighted by atomic mass is 32.1. The number of nitrogen functional groups attached to an aromatic ring is 1. The lowest BCUT2D eigenvalue weighted by molar-refractivity contribution is 0.196. The van der Waals surface area contributed by atoms with Crippen LogP contribution in [0.25, 0.3) is 21.5 Å². The third kappa shape index (κ3) is 6.08. The largest absolute Gasteiger partial charge is 0.497 e. The number of anilines is 1. The molecule has 0 radical (unpaired) electrons. The van der Waals surface area contributed by atoms with Gasteiger partial charge in [0.15, 0.2) is 11.6 Å². The van der Waals surface area contributed by atoms with Crippen LogP contribution in [0.4, 0.5) is 10.6 Å². The second kappa shape index (κ2) is 12.2. The number of pyridine rings is 1. The van der Waals surface area contributed by atoms with Crippen molar-refractivity contribution in [2.24, 2.45) is 0 Å². The lowest BCUT2D eigenvalue weighted by atomic mass is 10.1. The maximum atomic E-state index is 12.0. The molecule has 41 heavy (non-hydrogen) atoms. The van der Waals surface area contributed by atoms with E-state index >= 15 is 0 Å². The molecule has 2 aromatic carbocycles. The Morgan fingerprint density at radius 3 is 2.68 bits per heavy atom. The second-order valence-corrected chi connectivity index (χ2v) is 10.2. The fourth-order valence-electron chi connectivity index (χ4n) is 4.33. The molecule has 0 bridgehead atoms. The van der Waals surface area contributed by atoms with Gasteiger partial charge >= 0.3 is 6.09 Å². The first-order valence-electron chi connectivity index (χ1n) is 12.9. The molecule has 11 nitrogen and oxygen atoms in total. The Balaban J connectivity index is 1.37. The van der Waals surface area contributed by atoms with E-state index in [9.17, 15) is 4.79 Å². The van der Waals surface area contributed by atoms with Crippen LogP contribution in [0.15, 0.2) is 54.0 Å². The summed E-state index contributed by atoms with van der Waals surface area (Å²) >= 11 is 1.38. The van der Waals surface area contributed by atoms with Crippen LogP contribution >= 0.6 is 11.3 Å². The van der Waals surface area contributed by atoms with Crippen LogP contribution in [0.1, 0.15) is 22.5 Å². The van der Waals surface area contributed by atoms with Crippen LogP contribution in [0, 0.1) is 13.8 Å². The van der Waals surface area contributed by atoms with E-state index in [1.165, 1.54) is 17.5 Å². The van der Waals surface area contributed by atoms with Crippen molar-refractivity contribution in [3.63, 3.8) is 0 Å². The number of hydrogen-bond donors (Lipinski definition) is 3. The predicted octanol–water partition coefficient (Wildman–Crippen LogP) is 4.47. The molecule has 5 aromatic rings. The maximum absolute atomic E-state index is 12.0. The van der Waals surface area contributed by atoms with E-state index < -0.39 is 6.09 Å². The highest BCUT2D eigenvalue weighted by Crippen LogP contribution is 2.37. The van der Waals surface area contributed by atoms with Crippen molar-refractivity contribution in [2.45, 2.75) is 27.0 Å². The third-order valence-electron chi connectivity index (χ3n) is 6.52. The van der Waals surface area contributed by atoms with E-state index in [1.807, 2.05) is 61.7 Å². The molecule has 0 aliphatic carbocycles. The quantitative estimate of drug-likeness (QED) is 0.220. The molecular formula is C29H30N6O5S. The Bertz CT molecular complexity index is 1680. The van der Waals surface area contributed by atoms with E-state index in [4.69, 9.17) is 25.1 Å². The summed E-state index contributed by atoms with van der Waals surface area (Å²) in [6.07, 6.45) is 0.732. The fourth-order valence-corrected chi connectivity index (χ4v) is 5.34. The molecule has 0 aliphatic rings. The molecule has 3 aromatic heterocycles. The van der Waals surface area contributed by atoms with Crippen molar-refractivity contribution >= 4 is 33.3 Å². The number of aromatic nitrogens is 4. The molecule has 1 amide bonds. The van der Waals surface area contributed by atoms with Gasteiger partial charge < -0.3 is 34.9 Å². The molecule has 0 aliphatic heterocycles. The van der Waals surface area contributed by atoms with Crippen molar-refractivity contribution in [2.75, 3.05) is 26.0 Å². The van der Waals surface area contributed by atoms with Gasteiger partial charge in [-0.1, -0.05) is 24.3 Å². The van der Waals surface area contributed by atoms with Crippen LogP contribution in [0.3, 0.4) is 0 Å². The van der Waals surface area contributed by atoms with Gasteiger partial charge in [-0.3, -0.25) is 0 Å². The summed E-state index contributed by atoms with van der Waals surface area (Å²) in [5.74, 6) is 3.63. The maximum Gasteiger partial charge on any atom is 0.412 e. The molecule has 0 unspecified atom stereocenters. The molecule has 0 saturated carbocycles. The molecule has 3 heterocycles. The Morgan fingerprint density at radius 2 is 1.93 bits per heavy atom. The van der Waals surface area contributed by atoms with E-state index in [0.29, 0.717) is 28.2 Å². The molecule has 0 saturated heterocycles. The van der Waals surface area contributed by atoms with E-state index in [1.54, 1.807) is 7.11 Å². The Hall–Kier alpha value is -4.68. The summed E-state index contributed by atoms with van der Waals surface area (Å²) < 4.78 is 19.7. The van der Waals surface area contributed by atoms with Gasteiger partial charge in [0.25, 0.3) is 0 Å². The number of amides is 1. The van der Waals surface area contributed by atoms with Gasteiger partial charge in [0.2, 0.25) is 0 Å². The van der Waals surface area contributed by atoms with Gasteiger partial charge in [0.1, 0.15) is 29.7 Å². The number of carbonyl (C=O) groups is 1. The van der Waals surface area contributed by atoms with Crippen LogP contribution in [-0.4, -0.2) is 51.2 Å². The number of thiophene rings is 1. The van der Waals surface area contributed by atoms with E-state index in [2.05, 4.69) is 25.1 Å². The fraction of sp³-hybridized carbons (Fsp3) is 0.241. The Morgan fingerprint density at radius 1 is 1.12 bits per heavy atom. The van der Waals surface area contributed by atoms with Crippen molar-refractivity contribution in [1.29, 1.82) is 0 Å². The highest BCUT2D eigenvalue weighted by molar-refractivity contribution is 7.17. The van der Waals surface area contributed by atoms with Crippen LogP contribution in [0.2, 0.25) is 0 Å². The van der Waals surface area contributed by atoms with Gasteiger partial charge in [-0.15, -0.1) is 21.5 Å². The minimum absolute atomic E-state index is 0.0870. The smallest absolute Gasteiger partial charge is 0.412 e. The first-order chi connectivity index (χ1) is 19.9. The number of aryl methyl sites for hydroxylation is 2. The number of rotatable bonds is 10. The van der Waals surface area contributed by atoms with Crippen molar-refractivity contribution in [3.8, 4) is 28.6 Å². The summed E-state index contributed by atoms with van der Waals surface area (Å²) in [5, 5.41) is 22.7.